The van der Waals surface area contributed by atoms with Gasteiger partial charge in [-0.25, -0.2) is 0 Å². The lowest BCUT2D eigenvalue weighted by atomic mass is 9.70. The topological polar surface area (TPSA) is 132 Å². The molecule has 3 atom stereocenters. The monoisotopic (exact) mass is 613 g/mol. The summed E-state index contributed by atoms with van der Waals surface area (Å²) in [6, 6.07) is 6.69. The normalized spacial score (nSPS) is 19.4. The molecule has 1 fully saturated rings. The van der Waals surface area contributed by atoms with E-state index in [0.717, 1.165) is 38.5 Å². The Kier molecular flexibility index (Phi) is 17.6. The van der Waals surface area contributed by atoms with Gasteiger partial charge in [-0.3, -0.25) is 9.59 Å². The van der Waals surface area contributed by atoms with Crippen LogP contribution in [0.25, 0.3) is 0 Å². The van der Waals surface area contributed by atoms with E-state index in [2.05, 4.69) is 24.5 Å². The van der Waals surface area contributed by atoms with Gasteiger partial charge in [0.2, 0.25) is 5.91 Å². The van der Waals surface area contributed by atoms with E-state index < -0.39 is 17.6 Å². The Bertz CT molecular complexity index is 923. The molecule has 242 valence electrons. The molecule has 1 aromatic carbocycles. The molecule has 1 aliphatic rings. The van der Waals surface area contributed by atoms with Gasteiger partial charge in [0, 0.05) is 45.4 Å². The Morgan fingerprint density at radius 2 is 1.67 bits per heavy atom. The van der Waals surface area contributed by atoms with Gasteiger partial charge in [-0.15, -0.1) is 12.4 Å². The molecular formula is C32H56ClN3O6. The van der Waals surface area contributed by atoms with Crippen molar-refractivity contribution in [2.75, 3.05) is 40.5 Å². The van der Waals surface area contributed by atoms with E-state index in [1.54, 1.807) is 26.4 Å². The summed E-state index contributed by atoms with van der Waals surface area (Å²) in [4.78, 5) is 26.1. The van der Waals surface area contributed by atoms with Crippen LogP contribution in [0.5, 0.6) is 5.75 Å². The molecule has 0 spiro atoms. The van der Waals surface area contributed by atoms with Crippen LogP contribution >= 0.6 is 12.4 Å². The highest BCUT2D eigenvalue weighted by Gasteiger charge is 2.39. The molecular weight excluding hydrogens is 558 g/mol. The van der Waals surface area contributed by atoms with Crippen molar-refractivity contribution in [3.05, 3.63) is 29.8 Å². The number of methoxy groups -OCH3 is 2. The zero-order chi connectivity index (χ0) is 30.4. The fourth-order valence-electron chi connectivity index (χ4n) is 5.51. The Balaban J connectivity index is 0.00000882. The molecule has 1 aliphatic carbocycles. The molecule has 0 radical (unpaired) electrons. The van der Waals surface area contributed by atoms with Crippen LogP contribution in [0.2, 0.25) is 0 Å². The zero-order valence-corrected chi connectivity index (χ0v) is 27.3. The predicted octanol–water partition coefficient (Wildman–Crippen LogP) is 4.34. The molecule has 9 nitrogen and oxygen atoms in total. The third kappa shape index (κ3) is 12.0. The average molecular weight is 614 g/mol. The number of nitrogens with two attached hydrogens (primary N) is 1. The number of benzene rings is 1. The van der Waals surface area contributed by atoms with Crippen molar-refractivity contribution in [1.29, 1.82) is 0 Å². The number of carbonyl (C=O) groups is 2. The number of unbranched alkanes of at least 4 members (excludes halogenated alkanes) is 1. The third-order valence-corrected chi connectivity index (χ3v) is 8.75. The first-order valence-electron chi connectivity index (χ1n) is 15.2. The van der Waals surface area contributed by atoms with E-state index in [4.69, 9.17) is 19.9 Å². The van der Waals surface area contributed by atoms with Crippen LogP contribution < -0.4 is 21.1 Å². The molecule has 0 bridgehead atoms. The number of hydrogen-bond acceptors (Lipinski definition) is 7. The van der Waals surface area contributed by atoms with Crippen LogP contribution in [-0.4, -0.2) is 75.7 Å². The zero-order valence-electron chi connectivity index (χ0n) is 26.5. The van der Waals surface area contributed by atoms with Crippen LogP contribution in [0.4, 0.5) is 0 Å². The number of para-hydroxylation sites is 1. The van der Waals surface area contributed by atoms with Crippen molar-refractivity contribution < 1.29 is 28.9 Å². The number of carbonyl (C=O) groups excluding carboxylic acids is 2. The Morgan fingerprint density at radius 3 is 2.29 bits per heavy atom. The van der Waals surface area contributed by atoms with E-state index in [0.29, 0.717) is 37.5 Å². The van der Waals surface area contributed by atoms with E-state index in [1.165, 1.54) is 0 Å². The maximum absolute atomic E-state index is 13.1. The number of hydrogen-bond donors (Lipinski definition) is 4. The summed E-state index contributed by atoms with van der Waals surface area (Å²) < 4.78 is 16.4. The lowest BCUT2D eigenvalue weighted by Gasteiger charge is -2.38. The molecule has 0 saturated heterocycles. The maximum Gasteiger partial charge on any atom is 0.255 e. The lowest BCUT2D eigenvalue weighted by Crippen LogP contribution is -2.49. The molecule has 0 aromatic heterocycles. The second kappa shape index (κ2) is 19.4. The summed E-state index contributed by atoms with van der Waals surface area (Å²) in [5, 5.41) is 16.8. The SMILES string of the molecule is COCCCCOc1ccccc1C(=O)NCC(CC(N)C(O)CNC(=O)C(C)(C)[C@H]1CC[C@H](OC)CC1)C(C)C.Cl. The summed E-state index contributed by atoms with van der Waals surface area (Å²) in [7, 11) is 3.42. The number of rotatable bonds is 18. The summed E-state index contributed by atoms with van der Waals surface area (Å²) in [6.07, 6.45) is 5.47. The summed E-state index contributed by atoms with van der Waals surface area (Å²) in [6.45, 7) is 9.83. The quantitative estimate of drug-likeness (QED) is 0.181. The minimum atomic E-state index is -0.886. The molecule has 0 heterocycles. The maximum atomic E-state index is 13.1. The molecule has 42 heavy (non-hydrogen) atoms. The van der Waals surface area contributed by atoms with Gasteiger partial charge >= 0.3 is 0 Å². The van der Waals surface area contributed by atoms with Crippen molar-refractivity contribution in [1.82, 2.24) is 10.6 Å². The number of ether oxygens (including phenoxy) is 3. The second-order valence-electron chi connectivity index (χ2n) is 12.4. The number of aliphatic hydroxyl groups is 1. The highest BCUT2D eigenvalue weighted by atomic mass is 35.5. The molecule has 1 aromatic rings. The van der Waals surface area contributed by atoms with Gasteiger partial charge in [-0.05, 0) is 74.8 Å². The van der Waals surface area contributed by atoms with Gasteiger partial charge in [0.05, 0.1) is 24.4 Å². The van der Waals surface area contributed by atoms with Gasteiger partial charge < -0.3 is 35.7 Å². The van der Waals surface area contributed by atoms with Crippen molar-refractivity contribution in [3.63, 3.8) is 0 Å². The van der Waals surface area contributed by atoms with Gasteiger partial charge in [-0.2, -0.15) is 0 Å². The van der Waals surface area contributed by atoms with Crippen LogP contribution in [0, 0.1) is 23.2 Å². The largest absolute Gasteiger partial charge is 0.493 e. The Labute approximate surface area is 259 Å². The smallest absolute Gasteiger partial charge is 0.255 e. The fourth-order valence-corrected chi connectivity index (χ4v) is 5.51. The van der Waals surface area contributed by atoms with E-state index in [9.17, 15) is 14.7 Å². The molecule has 10 heteroatoms. The first-order chi connectivity index (χ1) is 19.5. The number of nitrogens with one attached hydrogen (secondary N) is 2. The molecule has 3 unspecified atom stereocenters. The molecule has 5 N–H and O–H groups in total. The van der Waals surface area contributed by atoms with E-state index in [1.807, 2.05) is 26.0 Å². The fraction of sp³-hybridized carbons (Fsp3) is 0.750. The standard InChI is InChI=1S/C32H55N3O6.ClH/c1-22(2)23(20-34-30(37)26-11-7-8-12-29(26)41-18-10-9-17-39-5)19-27(33)28(36)21-35-31(38)32(3,4)24-13-15-25(40-6)16-14-24;/h7-8,11-12,22-25,27-28,36H,9-10,13-21,33H2,1-6H3,(H,34,37)(H,35,38);1H/t23?,24-,25-,27?,28?;. The minimum Gasteiger partial charge on any atom is -0.493 e. The first kappa shape index (κ1) is 38.1. The van der Waals surface area contributed by atoms with Crippen LogP contribution in [0.1, 0.15) is 83.0 Å². The first-order valence-corrected chi connectivity index (χ1v) is 15.2. The number of amides is 2. The predicted molar refractivity (Wildman–Crippen MR) is 169 cm³/mol. The number of halogens is 1. The van der Waals surface area contributed by atoms with Crippen molar-refractivity contribution in [2.24, 2.45) is 28.9 Å². The number of aliphatic hydroxyl groups excluding tert-OH is 1. The van der Waals surface area contributed by atoms with Crippen LogP contribution in [0.3, 0.4) is 0 Å². The van der Waals surface area contributed by atoms with Gasteiger partial charge in [0.1, 0.15) is 5.75 Å². The summed E-state index contributed by atoms with van der Waals surface area (Å²) >= 11 is 0. The summed E-state index contributed by atoms with van der Waals surface area (Å²) in [5.41, 5.74) is 6.36. The lowest BCUT2D eigenvalue weighted by molar-refractivity contribution is -0.134. The van der Waals surface area contributed by atoms with E-state index >= 15 is 0 Å². The Hall–Kier alpha value is -1.91. The van der Waals surface area contributed by atoms with Crippen LogP contribution in [-0.2, 0) is 14.3 Å². The van der Waals surface area contributed by atoms with Gasteiger partial charge in [0.15, 0.2) is 0 Å². The van der Waals surface area contributed by atoms with Crippen molar-refractivity contribution in [2.45, 2.75) is 90.9 Å². The van der Waals surface area contributed by atoms with Crippen molar-refractivity contribution in [3.8, 4) is 5.75 Å². The Morgan fingerprint density at radius 1 is 1.02 bits per heavy atom. The molecule has 2 rings (SSSR count). The van der Waals surface area contributed by atoms with Crippen LogP contribution in [0.15, 0.2) is 24.3 Å². The minimum absolute atomic E-state index is 0. The summed E-state index contributed by atoms with van der Waals surface area (Å²) in [5.74, 6) is 0.856. The third-order valence-electron chi connectivity index (χ3n) is 8.75. The highest BCUT2D eigenvalue weighted by Crippen LogP contribution is 2.39. The highest BCUT2D eigenvalue weighted by molar-refractivity contribution is 5.96. The molecule has 1 saturated carbocycles. The molecule has 0 aliphatic heterocycles. The van der Waals surface area contributed by atoms with E-state index in [-0.39, 0.29) is 54.6 Å². The van der Waals surface area contributed by atoms with Crippen molar-refractivity contribution >= 4 is 24.2 Å². The van der Waals surface area contributed by atoms with Gasteiger partial charge in [-0.1, -0.05) is 39.8 Å². The second-order valence-corrected chi connectivity index (χ2v) is 12.4. The van der Waals surface area contributed by atoms with Gasteiger partial charge in [0.25, 0.3) is 5.91 Å². The molecule has 2 amide bonds. The average Bonchev–Trinajstić information content (AvgIpc) is 2.97.